The molecule has 2 aromatic carbocycles. The number of amides is 2. The number of carbonyl (C=O) groups excluding carboxylic acids is 3. The molecule has 0 saturated heterocycles. The highest BCUT2D eigenvalue weighted by molar-refractivity contribution is 6.30. The van der Waals surface area contributed by atoms with Gasteiger partial charge in [-0.25, -0.2) is 4.79 Å². The summed E-state index contributed by atoms with van der Waals surface area (Å²) in [6, 6.07) is 11.2. The lowest BCUT2D eigenvalue weighted by Crippen LogP contribution is -2.41. The van der Waals surface area contributed by atoms with Gasteiger partial charge in [0.1, 0.15) is 11.3 Å². The molecule has 0 radical (unpaired) electrons. The summed E-state index contributed by atoms with van der Waals surface area (Å²) in [5.74, 6) is -2.15. The average molecular weight is 405 g/mol. The molecule has 0 aromatic heterocycles. The van der Waals surface area contributed by atoms with Crippen LogP contribution in [-0.4, -0.2) is 47.5 Å². The van der Waals surface area contributed by atoms with Crippen LogP contribution in [0.5, 0.6) is 5.75 Å². The topological polar surface area (TPSA) is 95.9 Å². The zero-order valence-corrected chi connectivity index (χ0v) is 16.5. The summed E-state index contributed by atoms with van der Waals surface area (Å²) in [5.41, 5.74) is 1.57. The Labute approximate surface area is 167 Å². The Hall–Kier alpha value is -3.06. The molecule has 0 aliphatic rings. The minimum absolute atomic E-state index is 0.108. The second kappa shape index (κ2) is 9.23. The van der Waals surface area contributed by atoms with Gasteiger partial charge in [0.05, 0.1) is 6.54 Å². The Morgan fingerprint density at radius 3 is 2.43 bits per heavy atom. The third kappa shape index (κ3) is 5.72. The lowest BCUT2D eigenvalue weighted by atomic mass is 10.2. The minimum atomic E-state index is -1.14. The van der Waals surface area contributed by atoms with Gasteiger partial charge in [-0.1, -0.05) is 29.3 Å². The lowest BCUT2D eigenvalue weighted by molar-refractivity contribution is -0.140. The molecule has 28 heavy (non-hydrogen) atoms. The van der Waals surface area contributed by atoms with Crippen molar-refractivity contribution in [2.24, 2.45) is 0 Å². The molecule has 1 atom stereocenters. The van der Waals surface area contributed by atoms with Crippen molar-refractivity contribution in [3.05, 3.63) is 58.6 Å². The Kier molecular flexibility index (Phi) is 7.00. The summed E-state index contributed by atoms with van der Waals surface area (Å²) in [6.07, 6.45) is -1.14. The average Bonchev–Trinajstić information content (AvgIpc) is 2.62. The zero-order chi connectivity index (χ0) is 20.8. The Bertz CT molecular complexity index is 883. The quantitative estimate of drug-likeness (QED) is 0.721. The lowest BCUT2D eigenvalue weighted by Gasteiger charge is -2.21. The third-order valence-electron chi connectivity index (χ3n) is 3.90. The second-order valence-corrected chi connectivity index (χ2v) is 6.75. The molecule has 0 bridgehead atoms. The molecule has 0 aliphatic carbocycles. The van der Waals surface area contributed by atoms with Gasteiger partial charge in [-0.3, -0.25) is 9.59 Å². The van der Waals surface area contributed by atoms with Crippen molar-refractivity contribution in [1.82, 2.24) is 4.90 Å². The van der Waals surface area contributed by atoms with Gasteiger partial charge < -0.3 is 20.1 Å². The van der Waals surface area contributed by atoms with Crippen LogP contribution in [0, 0.1) is 6.92 Å². The van der Waals surface area contributed by atoms with Crippen LogP contribution < -0.4 is 5.32 Å². The number of phenolic OH excluding ortho intramolecular Hbond substituents is 1. The number of phenols is 1. The van der Waals surface area contributed by atoms with E-state index in [-0.39, 0.29) is 28.8 Å². The number of hydrogen-bond acceptors (Lipinski definition) is 5. The summed E-state index contributed by atoms with van der Waals surface area (Å²) in [6.45, 7) is 3.12. The number of ether oxygens (including phenoxy) is 1. The number of aryl methyl sites for hydroxylation is 1. The first-order valence-electron chi connectivity index (χ1n) is 8.48. The van der Waals surface area contributed by atoms with Crippen LogP contribution in [0.1, 0.15) is 22.8 Å². The number of benzene rings is 2. The van der Waals surface area contributed by atoms with E-state index in [0.717, 1.165) is 10.5 Å². The number of likely N-dealkylation sites (N-methyl/N-ethyl adjacent to an activating group) is 1. The van der Waals surface area contributed by atoms with Crippen LogP contribution in [0.3, 0.4) is 0 Å². The van der Waals surface area contributed by atoms with Gasteiger partial charge in [0.2, 0.25) is 5.91 Å². The smallest absolute Gasteiger partial charge is 0.342 e. The van der Waals surface area contributed by atoms with Crippen LogP contribution in [0.4, 0.5) is 5.69 Å². The molecule has 0 saturated carbocycles. The fraction of sp³-hybridized carbons (Fsp3) is 0.250. The molecular formula is C20H21ClN2O5. The number of esters is 1. The van der Waals surface area contributed by atoms with Crippen LogP contribution in [0.25, 0.3) is 0 Å². The summed E-state index contributed by atoms with van der Waals surface area (Å²) in [4.78, 5) is 37.7. The molecule has 2 N–H and O–H groups in total. The molecule has 0 heterocycles. The maximum atomic E-state index is 12.4. The predicted octanol–water partition coefficient (Wildman–Crippen LogP) is 3.00. The van der Waals surface area contributed by atoms with E-state index >= 15 is 0 Å². The fourth-order valence-electron chi connectivity index (χ4n) is 2.39. The van der Waals surface area contributed by atoms with Gasteiger partial charge in [-0.2, -0.15) is 0 Å². The number of halogens is 1. The second-order valence-electron chi connectivity index (χ2n) is 6.32. The van der Waals surface area contributed by atoms with Gasteiger partial charge in [-0.15, -0.1) is 0 Å². The van der Waals surface area contributed by atoms with Crippen molar-refractivity contribution in [3.63, 3.8) is 0 Å². The molecule has 2 aromatic rings. The predicted molar refractivity (Wildman–Crippen MR) is 105 cm³/mol. The van der Waals surface area contributed by atoms with E-state index in [1.54, 1.807) is 12.1 Å². The van der Waals surface area contributed by atoms with Crippen molar-refractivity contribution in [2.75, 3.05) is 18.9 Å². The van der Waals surface area contributed by atoms with E-state index in [0.29, 0.717) is 5.69 Å². The van der Waals surface area contributed by atoms with E-state index in [1.807, 2.05) is 19.1 Å². The van der Waals surface area contributed by atoms with E-state index < -0.39 is 18.0 Å². The van der Waals surface area contributed by atoms with Crippen molar-refractivity contribution in [3.8, 4) is 5.75 Å². The number of anilines is 1. The summed E-state index contributed by atoms with van der Waals surface area (Å²) in [7, 11) is 1.43. The molecule has 7 nitrogen and oxygen atoms in total. The van der Waals surface area contributed by atoms with Gasteiger partial charge in [0.25, 0.3) is 5.91 Å². The van der Waals surface area contributed by atoms with Crippen molar-refractivity contribution >= 4 is 35.1 Å². The monoisotopic (exact) mass is 404 g/mol. The highest BCUT2D eigenvalue weighted by Gasteiger charge is 2.24. The molecule has 148 valence electrons. The maximum Gasteiger partial charge on any atom is 0.342 e. The summed E-state index contributed by atoms with van der Waals surface area (Å²) >= 11 is 5.72. The zero-order valence-electron chi connectivity index (χ0n) is 15.7. The molecular weight excluding hydrogens is 384 g/mol. The van der Waals surface area contributed by atoms with E-state index in [4.69, 9.17) is 16.3 Å². The Morgan fingerprint density at radius 2 is 1.82 bits per heavy atom. The number of nitrogens with one attached hydrogen (secondary N) is 1. The highest BCUT2D eigenvalue weighted by Crippen LogP contribution is 2.23. The van der Waals surface area contributed by atoms with E-state index in [2.05, 4.69) is 5.32 Å². The number of nitrogens with zero attached hydrogens (tertiary/aromatic N) is 1. The normalized spacial score (nSPS) is 11.4. The molecule has 8 heteroatoms. The first-order valence-corrected chi connectivity index (χ1v) is 8.86. The molecule has 2 amide bonds. The number of carbonyl (C=O) groups is 3. The van der Waals surface area contributed by atoms with Crippen LogP contribution in [0.15, 0.2) is 42.5 Å². The standard InChI is InChI=1S/C20H21ClN2O5/c1-12-4-7-15(8-5-12)22-18(25)11-23(3)19(26)13(2)28-20(27)16-9-6-14(21)10-17(16)24/h4-10,13,24H,11H2,1-3H3,(H,22,25)/t13-/m1/s1. The number of hydrogen-bond donors (Lipinski definition) is 2. The van der Waals surface area contributed by atoms with Gasteiger partial charge >= 0.3 is 5.97 Å². The Morgan fingerprint density at radius 1 is 1.18 bits per heavy atom. The van der Waals surface area contributed by atoms with Crippen LogP contribution in [-0.2, 0) is 14.3 Å². The molecule has 0 aliphatic heterocycles. The summed E-state index contributed by atoms with van der Waals surface area (Å²) < 4.78 is 5.09. The van der Waals surface area contributed by atoms with E-state index in [9.17, 15) is 19.5 Å². The minimum Gasteiger partial charge on any atom is -0.507 e. The van der Waals surface area contributed by atoms with Crippen LogP contribution >= 0.6 is 11.6 Å². The molecule has 2 rings (SSSR count). The largest absolute Gasteiger partial charge is 0.507 e. The van der Waals surface area contributed by atoms with Crippen molar-refractivity contribution in [2.45, 2.75) is 20.0 Å². The van der Waals surface area contributed by atoms with Crippen molar-refractivity contribution in [1.29, 1.82) is 0 Å². The number of rotatable bonds is 6. The third-order valence-corrected chi connectivity index (χ3v) is 4.14. The molecule has 0 spiro atoms. The highest BCUT2D eigenvalue weighted by atomic mass is 35.5. The van der Waals surface area contributed by atoms with Gasteiger partial charge in [0.15, 0.2) is 6.10 Å². The SMILES string of the molecule is Cc1ccc(NC(=O)CN(C)C(=O)[C@@H](C)OC(=O)c2ccc(Cl)cc2O)cc1. The number of aromatic hydroxyl groups is 1. The first-order chi connectivity index (χ1) is 13.2. The summed E-state index contributed by atoms with van der Waals surface area (Å²) in [5, 5.41) is 12.7. The Balaban J connectivity index is 1.91. The van der Waals surface area contributed by atoms with Gasteiger partial charge in [-0.05, 0) is 44.2 Å². The van der Waals surface area contributed by atoms with Crippen LogP contribution in [0.2, 0.25) is 5.02 Å². The molecule has 0 unspecified atom stereocenters. The first kappa shape index (κ1) is 21.2. The molecule has 0 fully saturated rings. The van der Waals surface area contributed by atoms with Gasteiger partial charge in [0, 0.05) is 17.8 Å². The van der Waals surface area contributed by atoms with E-state index in [1.165, 1.54) is 32.2 Å². The van der Waals surface area contributed by atoms with Crippen molar-refractivity contribution < 1.29 is 24.2 Å². The fourth-order valence-corrected chi connectivity index (χ4v) is 2.56. The maximum absolute atomic E-state index is 12.4.